The number of rotatable bonds is 10. The Hall–Kier alpha value is -3.28. The number of hydrogen-bond acceptors (Lipinski definition) is 6. The first-order valence-electron chi connectivity index (χ1n) is 9.46. The fourth-order valence-electron chi connectivity index (χ4n) is 2.74. The van der Waals surface area contributed by atoms with Crippen LogP contribution in [0.15, 0.2) is 59.8 Å². The van der Waals surface area contributed by atoms with Crippen LogP contribution in [-0.4, -0.2) is 39.1 Å². The second-order valence-electron chi connectivity index (χ2n) is 5.99. The number of esters is 1. The highest BCUT2D eigenvalue weighted by Gasteiger charge is 2.12. The minimum absolute atomic E-state index is 0.00188. The number of methoxy groups -OCH3 is 1. The van der Waals surface area contributed by atoms with E-state index in [1.165, 1.54) is 14.2 Å². The molecule has 0 bridgehead atoms. The zero-order valence-corrected chi connectivity index (χ0v) is 17.3. The van der Waals surface area contributed by atoms with Gasteiger partial charge in [0.15, 0.2) is 0 Å². The minimum Gasteiger partial charge on any atom is -0.494 e. The molecule has 0 radical (unpaired) electrons. The van der Waals surface area contributed by atoms with E-state index in [0.29, 0.717) is 18.9 Å². The topological polar surface area (TPSA) is 66.4 Å². The summed E-state index contributed by atoms with van der Waals surface area (Å²) in [7, 11) is 2.79. The second kappa shape index (κ2) is 11.5. The Morgan fingerprint density at radius 3 is 1.72 bits per heavy atom. The van der Waals surface area contributed by atoms with Gasteiger partial charge in [-0.1, -0.05) is 29.4 Å². The summed E-state index contributed by atoms with van der Waals surface area (Å²) < 4.78 is 15.8. The lowest BCUT2D eigenvalue weighted by atomic mass is 9.96. The Morgan fingerprint density at radius 1 is 0.862 bits per heavy atom. The molecular weight excluding hydrogens is 370 g/mol. The summed E-state index contributed by atoms with van der Waals surface area (Å²) >= 11 is 0. The number of oxime groups is 1. The molecule has 0 saturated heterocycles. The molecule has 154 valence electrons. The zero-order chi connectivity index (χ0) is 21.1. The lowest BCUT2D eigenvalue weighted by molar-refractivity contribution is -0.139. The molecule has 0 amide bonds. The number of ether oxygens (including phenoxy) is 3. The van der Waals surface area contributed by atoms with Gasteiger partial charge in [0, 0.05) is 0 Å². The van der Waals surface area contributed by atoms with Crippen LogP contribution >= 0.6 is 0 Å². The van der Waals surface area contributed by atoms with E-state index in [2.05, 4.69) is 5.16 Å². The molecule has 2 rings (SSSR count). The molecule has 2 aromatic rings. The lowest BCUT2D eigenvalue weighted by Crippen LogP contribution is -2.08. The first-order valence-corrected chi connectivity index (χ1v) is 9.46. The van der Waals surface area contributed by atoms with Crippen molar-refractivity contribution in [1.82, 2.24) is 0 Å². The Bertz CT molecular complexity index is 787. The van der Waals surface area contributed by atoms with E-state index in [1.54, 1.807) is 0 Å². The monoisotopic (exact) mass is 397 g/mol. The van der Waals surface area contributed by atoms with Crippen molar-refractivity contribution < 1.29 is 23.8 Å². The molecule has 6 nitrogen and oxygen atoms in total. The number of hydrogen-bond donors (Lipinski definition) is 0. The molecular formula is C23H27NO5. The van der Waals surface area contributed by atoms with Crippen molar-refractivity contribution in [3.8, 4) is 11.5 Å². The number of nitrogens with zero attached hydrogens (tertiary/aromatic N) is 1. The standard InChI is InChI=1S/C23H27NO5/c1-5-28-20-11-7-17(8-12-20)22(15-19(24-27-4)16-23(25)26-3)18-9-13-21(14-10-18)29-6-2/h7-15H,5-6,16H2,1-4H3/b24-19-. The molecule has 29 heavy (non-hydrogen) atoms. The molecule has 0 fully saturated rings. The van der Waals surface area contributed by atoms with Crippen LogP contribution in [0.25, 0.3) is 5.57 Å². The van der Waals surface area contributed by atoms with Gasteiger partial charge in [-0.2, -0.15) is 0 Å². The van der Waals surface area contributed by atoms with Crippen molar-refractivity contribution in [1.29, 1.82) is 0 Å². The maximum atomic E-state index is 11.8. The van der Waals surface area contributed by atoms with E-state index in [0.717, 1.165) is 28.2 Å². The first-order chi connectivity index (χ1) is 14.1. The van der Waals surface area contributed by atoms with E-state index < -0.39 is 5.97 Å². The van der Waals surface area contributed by atoms with Crippen molar-refractivity contribution in [3.63, 3.8) is 0 Å². The molecule has 0 aromatic heterocycles. The minimum atomic E-state index is -0.394. The fourth-order valence-corrected chi connectivity index (χ4v) is 2.74. The predicted molar refractivity (Wildman–Crippen MR) is 113 cm³/mol. The third-order valence-corrected chi connectivity index (χ3v) is 4.03. The van der Waals surface area contributed by atoms with E-state index in [-0.39, 0.29) is 6.42 Å². The SMILES string of the molecule is CCOc1ccc(C(=C/C(CC(=O)OC)=N/OC)c2ccc(OCC)cc2)cc1. The van der Waals surface area contributed by atoms with Gasteiger partial charge in [-0.3, -0.25) is 4.79 Å². The molecule has 0 aliphatic heterocycles. The third kappa shape index (κ3) is 6.68. The highest BCUT2D eigenvalue weighted by Crippen LogP contribution is 2.27. The van der Waals surface area contributed by atoms with Gasteiger partial charge < -0.3 is 19.0 Å². The summed E-state index contributed by atoms with van der Waals surface area (Å²) in [6, 6.07) is 15.5. The second-order valence-corrected chi connectivity index (χ2v) is 5.99. The van der Waals surface area contributed by atoms with Crippen LogP contribution in [0.4, 0.5) is 0 Å². The highest BCUT2D eigenvalue weighted by atomic mass is 16.6. The maximum Gasteiger partial charge on any atom is 0.311 e. The molecule has 0 aliphatic carbocycles. The van der Waals surface area contributed by atoms with Gasteiger partial charge in [0.1, 0.15) is 18.6 Å². The van der Waals surface area contributed by atoms with Crippen LogP contribution in [0.3, 0.4) is 0 Å². The Morgan fingerprint density at radius 2 is 1.34 bits per heavy atom. The number of benzene rings is 2. The van der Waals surface area contributed by atoms with Crippen molar-refractivity contribution in [2.45, 2.75) is 20.3 Å². The van der Waals surface area contributed by atoms with E-state index in [4.69, 9.17) is 19.0 Å². The summed E-state index contributed by atoms with van der Waals surface area (Å²) in [5, 5.41) is 3.99. The number of allylic oxidation sites excluding steroid dienone is 1. The third-order valence-electron chi connectivity index (χ3n) is 4.03. The van der Waals surface area contributed by atoms with Gasteiger partial charge >= 0.3 is 5.97 Å². The normalized spacial score (nSPS) is 10.8. The van der Waals surface area contributed by atoms with Gasteiger partial charge in [-0.05, 0) is 60.9 Å². The van der Waals surface area contributed by atoms with Crippen molar-refractivity contribution in [2.75, 3.05) is 27.4 Å². The molecule has 0 aliphatic rings. The molecule has 0 N–H and O–H groups in total. The molecule has 2 aromatic carbocycles. The average molecular weight is 397 g/mol. The Balaban J connectivity index is 2.48. The average Bonchev–Trinajstić information content (AvgIpc) is 2.74. The smallest absolute Gasteiger partial charge is 0.311 e. The van der Waals surface area contributed by atoms with Gasteiger partial charge in [0.25, 0.3) is 0 Å². The van der Waals surface area contributed by atoms with Crippen LogP contribution in [-0.2, 0) is 14.4 Å². The van der Waals surface area contributed by atoms with Gasteiger partial charge in [-0.25, -0.2) is 0 Å². The van der Waals surface area contributed by atoms with Crippen molar-refractivity contribution >= 4 is 17.3 Å². The Labute approximate surface area is 171 Å². The summed E-state index contributed by atoms with van der Waals surface area (Å²) in [6.07, 6.45) is 1.83. The van der Waals surface area contributed by atoms with Gasteiger partial charge in [0.2, 0.25) is 0 Å². The van der Waals surface area contributed by atoms with E-state index in [1.807, 2.05) is 68.5 Å². The molecule has 0 heterocycles. The molecule has 0 atom stereocenters. The predicted octanol–water partition coefficient (Wildman–Crippen LogP) is 4.48. The highest BCUT2D eigenvalue weighted by molar-refractivity contribution is 6.10. The van der Waals surface area contributed by atoms with Crippen LogP contribution in [0.1, 0.15) is 31.4 Å². The molecule has 0 unspecified atom stereocenters. The summed E-state index contributed by atoms with van der Waals surface area (Å²) in [5.74, 6) is 1.19. The Kier molecular flexibility index (Phi) is 8.76. The lowest BCUT2D eigenvalue weighted by Gasteiger charge is -2.12. The summed E-state index contributed by atoms with van der Waals surface area (Å²) in [4.78, 5) is 16.7. The number of carbonyl (C=O) groups excluding carboxylic acids is 1. The fraction of sp³-hybridized carbons (Fsp3) is 0.304. The molecule has 0 saturated carbocycles. The van der Waals surface area contributed by atoms with Crippen LogP contribution in [0.5, 0.6) is 11.5 Å². The quantitative estimate of drug-likeness (QED) is 0.336. The van der Waals surface area contributed by atoms with Crippen molar-refractivity contribution in [3.05, 3.63) is 65.7 Å². The molecule has 0 spiro atoms. The van der Waals surface area contributed by atoms with Gasteiger partial charge in [0.05, 0.1) is 32.5 Å². The summed E-state index contributed by atoms with van der Waals surface area (Å²) in [6.45, 7) is 5.09. The number of carbonyl (C=O) groups is 1. The largest absolute Gasteiger partial charge is 0.494 e. The van der Waals surface area contributed by atoms with E-state index in [9.17, 15) is 4.79 Å². The van der Waals surface area contributed by atoms with E-state index >= 15 is 0 Å². The zero-order valence-electron chi connectivity index (χ0n) is 17.3. The van der Waals surface area contributed by atoms with Crippen LogP contribution < -0.4 is 9.47 Å². The van der Waals surface area contributed by atoms with Crippen molar-refractivity contribution in [2.24, 2.45) is 5.16 Å². The van der Waals surface area contributed by atoms with Crippen LogP contribution in [0.2, 0.25) is 0 Å². The summed E-state index contributed by atoms with van der Waals surface area (Å²) in [5.41, 5.74) is 3.24. The maximum absolute atomic E-state index is 11.8. The molecule has 6 heteroatoms. The van der Waals surface area contributed by atoms with Gasteiger partial charge in [-0.15, -0.1) is 0 Å². The van der Waals surface area contributed by atoms with Crippen LogP contribution in [0, 0.1) is 0 Å². The first kappa shape index (κ1) is 22.0.